The van der Waals surface area contributed by atoms with Crippen LogP contribution in [0.3, 0.4) is 0 Å². The summed E-state index contributed by atoms with van der Waals surface area (Å²) in [6.45, 7) is 0.495. The van der Waals surface area contributed by atoms with E-state index in [0.717, 1.165) is 22.5 Å². The number of pyridine rings is 1. The lowest BCUT2D eigenvalue weighted by Crippen LogP contribution is -1.97. The van der Waals surface area contributed by atoms with Gasteiger partial charge in [0.25, 0.3) is 0 Å². The fourth-order valence-corrected chi connectivity index (χ4v) is 2.36. The van der Waals surface area contributed by atoms with Crippen LogP contribution in [0.15, 0.2) is 48.8 Å². The van der Waals surface area contributed by atoms with Crippen molar-refractivity contribution in [3.8, 4) is 11.3 Å². The number of benzene rings is 1. The molecule has 2 heterocycles. The number of rotatable bonds is 2. The van der Waals surface area contributed by atoms with Crippen LogP contribution in [0, 0.1) is 0 Å². The fourth-order valence-electron chi connectivity index (χ4n) is 2.06. The Labute approximate surface area is 110 Å². The number of nitrogens with zero attached hydrogens (tertiary/aromatic N) is 2. The molecule has 3 aromatic rings. The third-order valence-corrected chi connectivity index (χ3v) is 3.29. The normalized spacial score (nSPS) is 11.0. The van der Waals surface area contributed by atoms with Crippen LogP contribution in [0.4, 0.5) is 0 Å². The second-order valence-electron chi connectivity index (χ2n) is 4.08. The number of imidazole rings is 1. The molecular weight excluding hydrogens is 246 g/mol. The molecule has 4 heteroatoms. The first-order valence-corrected chi connectivity index (χ1v) is 6.08. The van der Waals surface area contributed by atoms with Crippen LogP contribution in [-0.2, 0) is 6.54 Å². The van der Waals surface area contributed by atoms with Crippen LogP contribution >= 0.6 is 11.6 Å². The van der Waals surface area contributed by atoms with E-state index in [9.17, 15) is 0 Å². The first-order chi connectivity index (χ1) is 8.79. The molecule has 0 spiro atoms. The molecule has 0 aliphatic carbocycles. The van der Waals surface area contributed by atoms with E-state index in [-0.39, 0.29) is 0 Å². The second-order valence-corrected chi connectivity index (χ2v) is 4.49. The van der Waals surface area contributed by atoms with Gasteiger partial charge in [0.15, 0.2) is 0 Å². The van der Waals surface area contributed by atoms with Gasteiger partial charge in [0, 0.05) is 24.5 Å². The summed E-state index contributed by atoms with van der Waals surface area (Å²) in [5.41, 5.74) is 9.56. The Balaban J connectivity index is 2.23. The molecule has 1 aromatic carbocycles. The zero-order valence-electron chi connectivity index (χ0n) is 9.68. The SMILES string of the molecule is NCc1ccc(-c2cccc3nccn23)c(Cl)c1. The molecule has 0 fully saturated rings. The van der Waals surface area contributed by atoms with Gasteiger partial charge in [-0.2, -0.15) is 0 Å². The monoisotopic (exact) mass is 257 g/mol. The molecule has 0 amide bonds. The predicted octanol–water partition coefficient (Wildman–Crippen LogP) is 3.11. The Morgan fingerprint density at radius 1 is 1.22 bits per heavy atom. The molecular formula is C14H12ClN3. The molecule has 0 bridgehead atoms. The van der Waals surface area contributed by atoms with Crippen molar-refractivity contribution in [3.05, 3.63) is 59.4 Å². The van der Waals surface area contributed by atoms with Crippen molar-refractivity contribution in [3.63, 3.8) is 0 Å². The molecule has 0 aliphatic rings. The van der Waals surface area contributed by atoms with Gasteiger partial charge in [0.05, 0.1) is 10.7 Å². The third-order valence-electron chi connectivity index (χ3n) is 2.97. The maximum Gasteiger partial charge on any atom is 0.137 e. The highest BCUT2D eigenvalue weighted by molar-refractivity contribution is 6.33. The minimum absolute atomic E-state index is 0.495. The first-order valence-electron chi connectivity index (χ1n) is 5.70. The maximum atomic E-state index is 6.32. The summed E-state index contributed by atoms with van der Waals surface area (Å²) in [7, 11) is 0. The highest BCUT2D eigenvalue weighted by Gasteiger charge is 2.08. The fraction of sp³-hybridized carbons (Fsp3) is 0.0714. The van der Waals surface area contributed by atoms with E-state index in [4.69, 9.17) is 17.3 Å². The van der Waals surface area contributed by atoms with Crippen molar-refractivity contribution >= 4 is 17.2 Å². The number of nitrogens with two attached hydrogens (primary N) is 1. The van der Waals surface area contributed by atoms with E-state index in [2.05, 4.69) is 4.98 Å². The van der Waals surface area contributed by atoms with Crippen LogP contribution < -0.4 is 5.73 Å². The van der Waals surface area contributed by atoms with E-state index in [1.54, 1.807) is 6.20 Å². The van der Waals surface area contributed by atoms with E-state index in [0.29, 0.717) is 11.6 Å². The van der Waals surface area contributed by atoms with Crippen LogP contribution in [0.25, 0.3) is 16.9 Å². The van der Waals surface area contributed by atoms with E-state index in [1.165, 1.54) is 0 Å². The Bertz CT molecular complexity index is 703. The molecule has 0 radical (unpaired) electrons. The standard InChI is InChI=1S/C14H12ClN3/c15-12-8-10(9-16)4-5-11(12)13-2-1-3-14-17-6-7-18(13)14/h1-8H,9,16H2. The Kier molecular flexibility index (Phi) is 2.78. The van der Waals surface area contributed by atoms with Crippen molar-refractivity contribution in [2.24, 2.45) is 5.73 Å². The topological polar surface area (TPSA) is 43.3 Å². The Hall–Kier alpha value is -1.84. The lowest BCUT2D eigenvalue weighted by molar-refractivity contribution is 1.07. The third kappa shape index (κ3) is 1.78. The van der Waals surface area contributed by atoms with Crippen molar-refractivity contribution < 1.29 is 0 Å². The van der Waals surface area contributed by atoms with Crippen LogP contribution in [0.5, 0.6) is 0 Å². The molecule has 3 nitrogen and oxygen atoms in total. The molecule has 0 saturated carbocycles. The van der Waals surface area contributed by atoms with Crippen LogP contribution in [0.1, 0.15) is 5.56 Å². The molecule has 0 aliphatic heterocycles. The highest BCUT2D eigenvalue weighted by atomic mass is 35.5. The number of aromatic nitrogens is 2. The molecule has 0 atom stereocenters. The zero-order chi connectivity index (χ0) is 12.5. The van der Waals surface area contributed by atoms with Gasteiger partial charge < -0.3 is 5.73 Å². The average molecular weight is 258 g/mol. The quantitative estimate of drug-likeness (QED) is 0.767. The van der Waals surface area contributed by atoms with Gasteiger partial charge in [-0.1, -0.05) is 29.8 Å². The summed E-state index contributed by atoms with van der Waals surface area (Å²) < 4.78 is 2.02. The summed E-state index contributed by atoms with van der Waals surface area (Å²) in [6.07, 6.45) is 3.71. The predicted molar refractivity (Wildman–Crippen MR) is 73.5 cm³/mol. The summed E-state index contributed by atoms with van der Waals surface area (Å²) in [5, 5.41) is 0.708. The largest absolute Gasteiger partial charge is 0.326 e. The van der Waals surface area contributed by atoms with Crippen molar-refractivity contribution in [2.45, 2.75) is 6.54 Å². The van der Waals surface area contributed by atoms with Crippen molar-refractivity contribution in [1.29, 1.82) is 0 Å². The zero-order valence-corrected chi connectivity index (χ0v) is 10.4. The summed E-state index contributed by atoms with van der Waals surface area (Å²) in [5.74, 6) is 0. The molecule has 18 heavy (non-hydrogen) atoms. The van der Waals surface area contributed by atoms with Crippen molar-refractivity contribution in [1.82, 2.24) is 9.38 Å². The van der Waals surface area contributed by atoms with Gasteiger partial charge in [-0.15, -0.1) is 0 Å². The number of hydrogen-bond donors (Lipinski definition) is 1. The molecule has 2 aromatic heterocycles. The van der Waals surface area contributed by atoms with E-state index >= 15 is 0 Å². The van der Waals surface area contributed by atoms with Crippen molar-refractivity contribution in [2.75, 3.05) is 0 Å². The highest BCUT2D eigenvalue weighted by Crippen LogP contribution is 2.29. The van der Waals surface area contributed by atoms with Gasteiger partial charge >= 0.3 is 0 Å². The lowest BCUT2D eigenvalue weighted by atomic mass is 10.1. The molecule has 3 rings (SSSR count). The number of fused-ring (bicyclic) bond motifs is 1. The van der Waals surface area contributed by atoms with Gasteiger partial charge in [0.1, 0.15) is 5.65 Å². The lowest BCUT2D eigenvalue weighted by Gasteiger charge is -2.09. The smallest absolute Gasteiger partial charge is 0.137 e. The minimum atomic E-state index is 0.495. The van der Waals surface area contributed by atoms with Gasteiger partial charge in [-0.25, -0.2) is 4.98 Å². The Morgan fingerprint density at radius 2 is 2.11 bits per heavy atom. The number of halogens is 1. The van der Waals surface area contributed by atoms with E-state index < -0.39 is 0 Å². The molecule has 0 saturated heterocycles. The van der Waals surface area contributed by atoms with E-state index in [1.807, 2.05) is 47.0 Å². The average Bonchev–Trinajstić information content (AvgIpc) is 2.87. The summed E-state index contributed by atoms with van der Waals surface area (Å²) in [4.78, 5) is 4.27. The van der Waals surface area contributed by atoms with Gasteiger partial charge in [0.2, 0.25) is 0 Å². The summed E-state index contributed by atoms with van der Waals surface area (Å²) in [6, 6.07) is 11.9. The van der Waals surface area contributed by atoms with Crippen LogP contribution in [0.2, 0.25) is 5.02 Å². The first kappa shape index (κ1) is 11.3. The molecule has 90 valence electrons. The Morgan fingerprint density at radius 3 is 2.89 bits per heavy atom. The second kappa shape index (κ2) is 4.44. The van der Waals surface area contributed by atoms with Crippen LogP contribution in [-0.4, -0.2) is 9.38 Å². The molecule has 0 unspecified atom stereocenters. The molecule has 2 N–H and O–H groups in total. The van der Waals surface area contributed by atoms with Gasteiger partial charge in [-0.05, 0) is 23.8 Å². The minimum Gasteiger partial charge on any atom is -0.326 e. The maximum absolute atomic E-state index is 6.32. The summed E-state index contributed by atoms with van der Waals surface area (Å²) >= 11 is 6.32. The number of hydrogen-bond acceptors (Lipinski definition) is 2. The van der Waals surface area contributed by atoms with Gasteiger partial charge in [-0.3, -0.25) is 4.40 Å².